The van der Waals surface area contributed by atoms with Crippen LogP contribution in [0.5, 0.6) is 5.75 Å². The average Bonchev–Trinajstić information content (AvgIpc) is 2.73. The third-order valence-corrected chi connectivity index (χ3v) is 6.44. The van der Waals surface area contributed by atoms with Gasteiger partial charge in [-0.1, -0.05) is 18.2 Å². The maximum Gasteiger partial charge on any atom is 0.240 e. The zero-order chi connectivity index (χ0) is 19.3. The van der Waals surface area contributed by atoms with Gasteiger partial charge in [-0.25, -0.2) is 13.1 Å². The number of nitrogens with one attached hydrogen (secondary N) is 1. The number of sulfonamides is 1. The predicted octanol–water partition coefficient (Wildman–Crippen LogP) is 2.18. The van der Waals surface area contributed by atoms with E-state index in [1.165, 1.54) is 5.69 Å². The van der Waals surface area contributed by atoms with Gasteiger partial charge in [0, 0.05) is 44.5 Å². The smallest absolute Gasteiger partial charge is 0.240 e. The minimum atomic E-state index is -3.52. The molecule has 0 bridgehead atoms. The van der Waals surface area contributed by atoms with Gasteiger partial charge in [0.05, 0.1) is 12.0 Å². The largest absolute Gasteiger partial charge is 0.497 e. The van der Waals surface area contributed by atoms with Crippen LogP contribution in [0.4, 0.5) is 5.69 Å². The molecule has 1 aliphatic heterocycles. The van der Waals surface area contributed by atoms with E-state index in [2.05, 4.69) is 45.7 Å². The fourth-order valence-corrected chi connectivity index (χ4v) is 4.38. The van der Waals surface area contributed by atoms with Crippen LogP contribution in [0.25, 0.3) is 0 Å². The molecule has 2 aromatic rings. The Bertz CT molecular complexity index is 817. The Morgan fingerprint density at radius 1 is 1.00 bits per heavy atom. The number of methoxy groups -OCH3 is 1. The highest BCUT2D eigenvalue weighted by atomic mass is 32.2. The summed E-state index contributed by atoms with van der Waals surface area (Å²) in [5.41, 5.74) is 1.24. The van der Waals surface area contributed by atoms with Crippen LogP contribution in [0.2, 0.25) is 0 Å². The highest BCUT2D eigenvalue weighted by Crippen LogP contribution is 2.17. The first-order valence-corrected chi connectivity index (χ1v) is 10.7. The first kappa shape index (κ1) is 19.7. The monoisotopic (exact) mass is 389 g/mol. The van der Waals surface area contributed by atoms with Gasteiger partial charge < -0.3 is 9.64 Å². The van der Waals surface area contributed by atoms with Crippen molar-refractivity contribution >= 4 is 15.7 Å². The average molecular weight is 390 g/mol. The first-order valence-electron chi connectivity index (χ1n) is 9.17. The molecule has 6 nitrogen and oxygen atoms in total. The summed E-state index contributed by atoms with van der Waals surface area (Å²) in [4.78, 5) is 4.95. The minimum absolute atomic E-state index is 0.135. The number of hydrogen-bond donors (Lipinski definition) is 1. The summed E-state index contributed by atoms with van der Waals surface area (Å²) in [6.07, 6.45) is 0. The first-order chi connectivity index (χ1) is 13.0. The van der Waals surface area contributed by atoms with Crippen LogP contribution in [-0.4, -0.2) is 59.2 Å². The molecule has 0 aromatic heterocycles. The molecule has 3 rings (SSSR count). The van der Waals surface area contributed by atoms with Gasteiger partial charge in [-0.05, 0) is 43.3 Å². The number of nitrogens with zero attached hydrogens (tertiary/aromatic N) is 2. The fourth-order valence-electron chi connectivity index (χ4n) is 3.26. The topological polar surface area (TPSA) is 61.9 Å². The van der Waals surface area contributed by atoms with Gasteiger partial charge in [-0.3, -0.25) is 4.90 Å². The maximum atomic E-state index is 12.5. The molecule has 0 spiro atoms. The number of benzene rings is 2. The highest BCUT2D eigenvalue weighted by molar-refractivity contribution is 7.89. The van der Waals surface area contributed by atoms with Gasteiger partial charge in [-0.15, -0.1) is 0 Å². The molecule has 1 saturated heterocycles. The van der Waals surface area contributed by atoms with Crippen LogP contribution >= 0.6 is 0 Å². The lowest BCUT2D eigenvalue weighted by molar-refractivity contribution is 0.198. The lowest BCUT2D eigenvalue weighted by Gasteiger charge is -2.39. The Labute approximate surface area is 161 Å². The Morgan fingerprint density at radius 2 is 1.63 bits per heavy atom. The van der Waals surface area contributed by atoms with Crippen LogP contribution in [0.15, 0.2) is 59.5 Å². The predicted molar refractivity (Wildman–Crippen MR) is 108 cm³/mol. The molecule has 1 aliphatic rings. The summed E-state index contributed by atoms with van der Waals surface area (Å²) < 4.78 is 32.8. The Kier molecular flexibility index (Phi) is 6.36. The van der Waals surface area contributed by atoms with Crippen molar-refractivity contribution in [3.63, 3.8) is 0 Å². The van der Waals surface area contributed by atoms with Crippen molar-refractivity contribution in [2.75, 3.05) is 44.7 Å². The van der Waals surface area contributed by atoms with Crippen LogP contribution in [0.3, 0.4) is 0 Å². The van der Waals surface area contributed by atoms with Gasteiger partial charge >= 0.3 is 0 Å². The SMILES string of the molecule is COc1ccc(S(=O)(=O)NCC(C)N2CCN(c3ccccc3)CC2)cc1. The molecule has 7 heteroatoms. The quantitative estimate of drug-likeness (QED) is 0.787. The van der Waals surface area contributed by atoms with E-state index >= 15 is 0 Å². The number of hydrogen-bond acceptors (Lipinski definition) is 5. The van der Waals surface area contributed by atoms with E-state index in [1.54, 1.807) is 31.4 Å². The van der Waals surface area contributed by atoms with Crippen LogP contribution in [0.1, 0.15) is 6.92 Å². The highest BCUT2D eigenvalue weighted by Gasteiger charge is 2.23. The summed E-state index contributed by atoms with van der Waals surface area (Å²) >= 11 is 0. The summed E-state index contributed by atoms with van der Waals surface area (Å²) in [6, 6.07) is 16.9. The number of rotatable bonds is 7. The second-order valence-electron chi connectivity index (χ2n) is 6.74. The van der Waals surface area contributed by atoms with E-state index in [0.29, 0.717) is 12.3 Å². The van der Waals surface area contributed by atoms with Gasteiger partial charge in [-0.2, -0.15) is 0 Å². The molecule has 0 amide bonds. The van der Waals surface area contributed by atoms with Crippen LogP contribution in [-0.2, 0) is 10.0 Å². The van der Waals surface area contributed by atoms with Crippen LogP contribution < -0.4 is 14.4 Å². The summed E-state index contributed by atoms with van der Waals surface area (Å²) in [6.45, 7) is 6.17. The van der Waals surface area contributed by atoms with E-state index < -0.39 is 10.0 Å². The summed E-state index contributed by atoms with van der Waals surface area (Å²) in [5, 5.41) is 0. The van der Waals surface area contributed by atoms with Gasteiger partial charge in [0.25, 0.3) is 0 Å². The van der Waals surface area contributed by atoms with Crippen molar-refractivity contribution in [3.8, 4) is 5.75 Å². The van der Waals surface area contributed by atoms with Gasteiger partial charge in [0.1, 0.15) is 5.75 Å². The lowest BCUT2D eigenvalue weighted by atomic mass is 10.2. The molecule has 146 valence electrons. The molecule has 0 saturated carbocycles. The summed E-state index contributed by atoms with van der Waals surface area (Å²) in [7, 11) is -1.96. The Balaban J connectivity index is 1.51. The molecular weight excluding hydrogens is 362 g/mol. The minimum Gasteiger partial charge on any atom is -0.497 e. The fraction of sp³-hybridized carbons (Fsp3) is 0.400. The third-order valence-electron chi connectivity index (χ3n) is 5.00. The number of anilines is 1. The zero-order valence-corrected chi connectivity index (χ0v) is 16.7. The van der Waals surface area contributed by atoms with Crippen molar-refractivity contribution in [2.45, 2.75) is 17.9 Å². The number of ether oxygens (including phenoxy) is 1. The maximum absolute atomic E-state index is 12.5. The molecule has 1 fully saturated rings. The standard InChI is InChI=1S/C20H27N3O3S/c1-17(16-21-27(24,25)20-10-8-19(26-2)9-11-20)22-12-14-23(15-13-22)18-6-4-3-5-7-18/h3-11,17,21H,12-16H2,1-2H3. The lowest BCUT2D eigenvalue weighted by Crippen LogP contribution is -2.52. The van der Waals surface area contributed by atoms with Crippen molar-refractivity contribution in [1.82, 2.24) is 9.62 Å². The van der Waals surface area contributed by atoms with E-state index in [4.69, 9.17) is 4.74 Å². The van der Waals surface area contributed by atoms with Gasteiger partial charge in [0.15, 0.2) is 0 Å². The summed E-state index contributed by atoms with van der Waals surface area (Å²) in [5.74, 6) is 0.638. The second kappa shape index (κ2) is 8.73. The van der Waals surface area contributed by atoms with Crippen LogP contribution in [0, 0.1) is 0 Å². The molecule has 1 atom stereocenters. The molecule has 1 N–H and O–H groups in total. The van der Waals surface area contributed by atoms with E-state index in [-0.39, 0.29) is 10.9 Å². The van der Waals surface area contributed by atoms with Gasteiger partial charge in [0.2, 0.25) is 10.0 Å². The van der Waals surface area contributed by atoms with E-state index in [9.17, 15) is 8.42 Å². The number of para-hydroxylation sites is 1. The van der Waals surface area contributed by atoms with Crippen molar-refractivity contribution in [3.05, 3.63) is 54.6 Å². The molecule has 1 heterocycles. The Hall–Kier alpha value is -2.09. The molecule has 1 unspecified atom stereocenters. The van der Waals surface area contributed by atoms with E-state index in [1.807, 2.05) is 6.07 Å². The van der Waals surface area contributed by atoms with Crippen molar-refractivity contribution in [1.29, 1.82) is 0 Å². The molecular formula is C20H27N3O3S. The molecule has 0 aliphatic carbocycles. The molecule has 27 heavy (non-hydrogen) atoms. The second-order valence-corrected chi connectivity index (χ2v) is 8.50. The molecule has 2 aromatic carbocycles. The molecule has 0 radical (unpaired) electrons. The third kappa shape index (κ3) is 5.00. The van der Waals surface area contributed by atoms with Crippen molar-refractivity contribution < 1.29 is 13.2 Å². The zero-order valence-electron chi connectivity index (χ0n) is 15.8. The van der Waals surface area contributed by atoms with Crippen molar-refractivity contribution in [2.24, 2.45) is 0 Å². The van der Waals surface area contributed by atoms with E-state index in [0.717, 1.165) is 26.2 Å². The normalized spacial score (nSPS) is 16.9. The Morgan fingerprint density at radius 3 is 2.22 bits per heavy atom. The number of piperazine rings is 1.